The van der Waals surface area contributed by atoms with Gasteiger partial charge in [-0.3, -0.25) is 9.59 Å². The number of hydrogen-bond donors (Lipinski definition) is 2. The SMILES string of the molecule is CCCCCCCCCCCCCC(=O)OC[C@H]1O[C@@H](OC)[C@H](O)[C@@H](O)[C@@H]1OC(=O)CCCCCCCCCCCCC. The number of carbonyl (C=O) groups is 2. The minimum absolute atomic E-state index is 0.184. The van der Waals surface area contributed by atoms with Crippen molar-refractivity contribution in [3.8, 4) is 0 Å². The van der Waals surface area contributed by atoms with Crippen molar-refractivity contribution in [2.45, 2.75) is 199 Å². The summed E-state index contributed by atoms with van der Waals surface area (Å²) in [7, 11) is 1.36. The van der Waals surface area contributed by atoms with Crippen LogP contribution in [0.4, 0.5) is 0 Å². The number of aliphatic hydroxyl groups is 2. The molecule has 1 saturated heterocycles. The van der Waals surface area contributed by atoms with Crippen LogP contribution in [-0.2, 0) is 28.5 Å². The van der Waals surface area contributed by atoms with Crippen molar-refractivity contribution in [3.63, 3.8) is 0 Å². The topological polar surface area (TPSA) is 112 Å². The summed E-state index contributed by atoms with van der Waals surface area (Å²) in [6.45, 7) is 4.29. The second-order valence-corrected chi connectivity index (χ2v) is 12.5. The van der Waals surface area contributed by atoms with Crippen molar-refractivity contribution >= 4 is 11.9 Å². The Morgan fingerprint density at radius 3 is 1.40 bits per heavy atom. The van der Waals surface area contributed by atoms with E-state index in [1.54, 1.807) is 0 Å². The van der Waals surface area contributed by atoms with Crippen LogP contribution in [-0.4, -0.2) is 66.6 Å². The van der Waals surface area contributed by atoms with Crippen LogP contribution in [0.3, 0.4) is 0 Å². The Balaban J connectivity index is 2.28. The van der Waals surface area contributed by atoms with E-state index >= 15 is 0 Å². The summed E-state index contributed by atoms with van der Waals surface area (Å²) in [5.74, 6) is -0.802. The van der Waals surface area contributed by atoms with Crippen LogP contribution in [0, 0.1) is 0 Å². The van der Waals surface area contributed by atoms with E-state index < -0.39 is 36.7 Å². The van der Waals surface area contributed by atoms with E-state index in [4.69, 9.17) is 18.9 Å². The number of ether oxygens (including phenoxy) is 4. The second-order valence-electron chi connectivity index (χ2n) is 12.5. The molecule has 0 aromatic heterocycles. The molecule has 0 aromatic rings. The first-order valence-corrected chi connectivity index (χ1v) is 17.8. The first-order valence-electron chi connectivity index (χ1n) is 17.8. The first kappa shape index (κ1) is 39.8. The maximum Gasteiger partial charge on any atom is 0.306 e. The molecule has 2 N–H and O–H groups in total. The lowest BCUT2D eigenvalue weighted by atomic mass is 9.99. The molecule has 1 heterocycles. The summed E-state index contributed by atoms with van der Waals surface area (Å²) in [6.07, 6.45) is 20.8. The number of carbonyl (C=O) groups excluding carboxylic acids is 2. The molecule has 1 aliphatic heterocycles. The zero-order chi connectivity index (χ0) is 31.5. The number of hydrogen-bond acceptors (Lipinski definition) is 8. The molecule has 0 aromatic carbocycles. The van der Waals surface area contributed by atoms with Crippen molar-refractivity contribution in [2.75, 3.05) is 13.7 Å². The van der Waals surface area contributed by atoms with Crippen molar-refractivity contribution in [3.05, 3.63) is 0 Å². The van der Waals surface area contributed by atoms with Crippen molar-refractivity contribution in [2.24, 2.45) is 0 Å². The van der Waals surface area contributed by atoms with Gasteiger partial charge in [0.05, 0.1) is 0 Å². The van der Waals surface area contributed by atoms with Crippen molar-refractivity contribution in [1.82, 2.24) is 0 Å². The van der Waals surface area contributed by atoms with Gasteiger partial charge in [-0.25, -0.2) is 0 Å². The standard InChI is InChI=1S/C35H66O8/c1-4-6-8-10-12-14-16-18-20-22-24-26-30(36)41-28-29-34(32(38)33(39)35(40-3)42-29)43-31(37)27-25-23-21-19-17-15-13-11-9-7-5-2/h29,32-35,38-39H,4-28H2,1-3H3/t29-,32-,33-,34-,35-/m1/s1. The van der Waals surface area contributed by atoms with E-state index in [9.17, 15) is 19.8 Å². The van der Waals surface area contributed by atoms with Gasteiger partial charge in [0, 0.05) is 20.0 Å². The lowest BCUT2D eigenvalue weighted by Crippen LogP contribution is -2.60. The van der Waals surface area contributed by atoms with Crippen LogP contribution in [0.1, 0.15) is 168 Å². The van der Waals surface area contributed by atoms with Gasteiger partial charge >= 0.3 is 11.9 Å². The van der Waals surface area contributed by atoms with E-state index in [1.165, 1.54) is 110 Å². The van der Waals surface area contributed by atoms with Crippen LogP contribution in [0.2, 0.25) is 0 Å². The Kier molecular flexibility index (Phi) is 25.1. The van der Waals surface area contributed by atoms with E-state index in [0.29, 0.717) is 12.8 Å². The highest BCUT2D eigenvalue weighted by atomic mass is 16.7. The Labute approximate surface area is 263 Å². The maximum atomic E-state index is 12.6. The van der Waals surface area contributed by atoms with Gasteiger partial charge in [0.2, 0.25) is 0 Å². The molecule has 8 nitrogen and oxygen atoms in total. The second kappa shape index (κ2) is 27.1. The van der Waals surface area contributed by atoms with Gasteiger partial charge < -0.3 is 29.2 Å². The summed E-state index contributed by atoms with van der Waals surface area (Å²) >= 11 is 0. The first-order chi connectivity index (χ1) is 20.9. The Hall–Kier alpha value is -1.22. The molecule has 0 aliphatic carbocycles. The van der Waals surface area contributed by atoms with Crippen molar-refractivity contribution < 1.29 is 38.7 Å². The molecular formula is C35H66O8. The fourth-order valence-corrected chi connectivity index (χ4v) is 5.71. The molecule has 0 saturated carbocycles. The molecule has 0 unspecified atom stereocenters. The summed E-state index contributed by atoms with van der Waals surface area (Å²) in [5.41, 5.74) is 0. The third-order valence-corrected chi connectivity index (χ3v) is 8.52. The monoisotopic (exact) mass is 614 g/mol. The van der Waals surface area contributed by atoms with Crippen molar-refractivity contribution in [1.29, 1.82) is 0 Å². The van der Waals surface area contributed by atoms with Crippen LogP contribution in [0.5, 0.6) is 0 Å². The van der Waals surface area contributed by atoms with Crippen LogP contribution in [0.15, 0.2) is 0 Å². The Bertz CT molecular complexity index is 672. The molecule has 0 amide bonds. The molecule has 0 spiro atoms. The predicted molar refractivity (Wildman–Crippen MR) is 171 cm³/mol. The third-order valence-electron chi connectivity index (χ3n) is 8.52. The van der Waals surface area contributed by atoms with E-state index in [-0.39, 0.29) is 19.0 Å². The van der Waals surface area contributed by atoms with Crippen LogP contribution in [0.25, 0.3) is 0 Å². The van der Waals surface area contributed by atoms with Gasteiger partial charge in [-0.15, -0.1) is 0 Å². The van der Waals surface area contributed by atoms with E-state index in [2.05, 4.69) is 13.8 Å². The molecule has 254 valence electrons. The predicted octanol–water partition coefficient (Wildman–Crippen LogP) is 7.94. The lowest BCUT2D eigenvalue weighted by Gasteiger charge is -2.41. The maximum absolute atomic E-state index is 12.6. The van der Waals surface area contributed by atoms with Crippen LogP contribution < -0.4 is 0 Å². The average molecular weight is 615 g/mol. The summed E-state index contributed by atoms with van der Waals surface area (Å²) < 4.78 is 21.8. The van der Waals surface area contributed by atoms with Gasteiger partial charge in [-0.2, -0.15) is 0 Å². The third kappa shape index (κ3) is 19.7. The molecule has 0 radical (unpaired) electrons. The number of methoxy groups -OCH3 is 1. The number of aliphatic hydroxyl groups excluding tert-OH is 2. The van der Waals surface area contributed by atoms with E-state index in [1.807, 2.05) is 0 Å². The van der Waals surface area contributed by atoms with Gasteiger partial charge in [-0.1, -0.05) is 142 Å². The molecular weight excluding hydrogens is 548 g/mol. The number of rotatable bonds is 28. The fraction of sp³-hybridized carbons (Fsp3) is 0.943. The summed E-state index contributed by atoms with van der Waals surface area (Å²) in [4.78, 5) is 24.9. The molecule has 1 fully saturated rings. The van der Waals surface area contributed by atoms with Gasteiger partial charge in [-0.05, 0) is 12.8 Å². The van der Waals surface area contributed by atoms with Gasteiger partial charge in [0.1, 0.15) is 24.9 Å². The molecule has 43 heavy (non-hydrogen) atoms. The molecule has 5 atom stereocenters. The Morgan fingerprint density at radius 1 is 0.581 bits per heavy atom. The fourth-order valence-electron chi connectivity index (χ4n) is 5.71. The minimum Gasteiger partial charge on any atom is -0.463 e. The van der Waals surface area contributed by atoms with Crippen LogP contribution >= 0.6 is 0 Å². The minimum atomic E-state index is -1.41. The summed E-state index contributed by atoms with van der Waals surface area (Å²) in [6, 6.07) is 0. The largest absolute Gasteiger partial charge is 0.463 e. The lowest BCUT2D eigenvalue weighted by molar-refractivity contribution is -0.297. The summed E-state index contributed by atoms with van der Waals surface area (Å²) in [5, 5.41) is 21.0. The smallest absolute Gasteiger partial charge is 0.306 e. The van der Waals surface area contributed by atoms with Gasteiger partial charge in [0.15, 0.2) is 12.4 Å². The molecule has 8 heteroatoms. The normalized spacial score (nSPS) is 22.0. The van der Waals surface area contributed by atoms with Gasteiger partial charge in [0.25, 0.3) is 0 Å². The quantitative estimate of drug-likeness (QED) is 0.0675. The highest BCUT2D eigenvalue weighted by Gasteiger charge is 2.47. The van der Waals surface area contributed by atoms with E-state index in [0.717, 1.165) is 32.1 Å². The molecule has 1 aliphatic rings. The zero-order valence-corrected chi connectivity index (χ0v) is 27.9. The average Bonchev–Trinajstić information content (AvgIpc) is 3.00. The number of unbranched alkanes of at least 4 members (excludes halogenated alkanes) is 20. The highest BCUT2D eigenvalue weighted by molar-refractivity contribution is 5.70. The Morgan fingerprint density at radius 2 is 0.977 bits per heavy atom. The molecule has 1 rings (SSSR count). The zero-order valence-electron chi connectivity index (χ0n) is 27.9. The number of esters is 2. The highest BCUT2D eigenvalue weighted by Crippen LogP contribution is 2.25. The molecule has 0 bridgehead atoms.